The van der Waals surface area contributed by atoms with Gasteiger partial charge in [0.1, 0.15) is 0 Å². The topological polar surface area (TPSA) is 43.0 Å². The van der Waals surface area contributed by atoms with E-state index >= 15 is 0 Å². The molecule has 1 aliphatic rings. The van der Waals surface area contributed by atoms with Crippen molar-refractivity contribution in [1.82, 2.24) is 4.57 Å². The first-order valence-electron chi connectivity index (χ1n) is 8.50. The Morgan fingerprint density at radius 3 is 2.21 bits per heavy atom. The van der Waals surface area contributed by atoms with Gasteiger partial charge in [0.05, 0.1) is 13.1 Å². The Labute approximate surface area is 159 Å². The molecule has 1 aromatic carbocycles. The predicted molar refractivity (Wildman–Crippen MR) is 87.8 cm³/mol. The molecule has 1 aromatic heterocycles. The van der Waals surface area contributed by atoms with E-state index in [4.69, 9.17) is 0 Å². The van der Waals surface area contributed by atoms with Crippen molar-refractivity contribution >= 4 is 11.6 Å². The lowest BCUT2D eigenvalue weighted by atomic mass is 9.90. The zero-order valence-corrected chi connectivity index (χ0v) is 16.4. The first kappa shape index (κ1) is 18.8. The number of aryl methyl sites for hydroxylation is 2. The summed E-state index contributed by atoms with van der Waals surface area (Å²) < 4.78 is 3.95. The molecule has 0 fully saturated rings. The van der Waals surface area contributed by atoms with Gasteiger partial charge in [-0.2, -0.15) is 0 Å². The van der Waals surface area contributed by atoms with Gasteiger partial charge in [-0.3, -0.25) is 9.59 Å². The summed E-state index contributed by atoms with van der Waals surface area (Å²) in [7, 11) is 0. The van der Waals surface area contributed by atoms with Crippen molar-refractivity contribution < 1.29 is 38.1 Å². The summed E-state index contributed by atoms with van der Waals surface area (Å²) in [6, 6.07) is 7.15. The first-order valence-corrected chi connectivity index (χ1v) is 8.50. The van der Waals surface area contributed by atoms with Crippen LogP contribution in [0.15, 0.2) is 30.6 Å². The summed E-state index contributed by atoms with van der Waals surface area (Å²) in [6.07, 6.45) is 6.06. The molecule has 5 heteroatoms. The third-order valence-electron chi connectivity index (χ3n) is 4.43. The number of imidazole rings is 1. The van der Waals surface area contributed by atoms with Crippen LogP contribution in [0.4, 0.5) is 0 Å². The van der Waals surface area contributed by atoms with Crippen molar-refractivity contribution in [2.24, 2.45) is 0 Å². The van der Waals surface area contributed by atoms with E-state index in [2.05, 4.69) is 13.8 Å². The van der Waals surface area contributed by atoms with Crippen LogP contribution >= 0.6 is 0 Å². The highest BCUT2D eigenvalue weighted by Gasteiger charge is 2.40. The van der Waals surface area contributed by atoms with Crippen LogP contribution in [0.1, 0.15) is 71.6 Å². The smallest absolute Gasteiger partial charge is 0.244 e. The van der Waals surface area contributed by atoms with Gasteiger partial charge < -0.3 is 24.0 Å². The highest BCUT2D eigenvalue weighted by molar-refractivity contribution is 6.26. The van der Waals surface area contributed by atoms with Gasteiger partial charge in [-0.1, -0.05) is 51.0 Å². The Morgan fingerprint density at radius 2 is 1.58 bits per heavy atom. The summed E-state index contributed by atoms with van der Waals surface area (Å²) >= 11 is 0. The monoisotopic (exact) mass is 438 g/mol. The Morgan fingerprint density at radius 1 is 0.958 bits per heavy atom. The lowest BCUT2D eigenvalue weighted by Crippen LogP contribution is -3.00. The third-order valence-corrected chi connectivity index (χ3v) is 4.43. The zero-order chi connectivity index (χ0) is 16.4. The Bertz CT molecular complexity index is 703. The largest absolute Gasteiger partial charge is 1.00 e. The summed E-state index contributed by atoms with van der Waals surface area (Å²) in [6.45, 7) is 5.81. The molecule has 4 nitrogen and oxygen atoms in total. The van der Waals surface area contributed by atoms with Gasteiger partial charge in [-0.15, -0.1) is 0 Å². The second kappa shape index (κ2) is 8.05. The zero-order valence-electron chi connectivity index (χ0n) is 14.2. The number of halogens is 1. The minimum Gasteiger partial charge on any atom is -1.00 e. The fourth-order valence-corrected chi connectivity index (χ4v) is 3.16. The number of aromatic nitrogens is 2. The molecule has 128 valence electrons. The van der Waals surface area contributed by atoms with E-state index in [0.29, 0.717) is 22.5 Å². The average Bonchev–Trinajstić information content (AvgIpc) is 2.95. The molecule has 0 amide bonds. The number of fused-ring (bicyclic) bond motifs is 2. The van der Waals surface area contributed by atoms with Crippen LogP contribution in [0, 0.1) is 0 Å². The van der Waals surface area contributed by atoms with Crippen molar-refractivity contribution in [3.8, 4) is 0 Å². The second-order valence-electron chi connectivity index (χ2n) is 6.11. The number of carbonyl (C=O) groups is 2. The van der Waals surface area contributed by atoms with Gasteiger partial charge in [-0.05, 0) is 12.8 Å². The number of carbonyl (C=O) groups excluding carboxylic acids is 2. The molecule has 0 saturated carbocycles. The highest BCUT2D eigenvalue weighted by Crippen LogP contribution is 2.26. The summed E-state index contributed by atoms with van der Waals surface area (Å²) in [5.41, 5.74) is 2.20. The number of hydrogen-bond donors (Lipinski definition) is 0. The van der Waals surface area contributed by atoms with Crippen LogP contribution in [0.25, 0.3) is 0 Å². The SMILES string of the molecule is CCCCn1c[n+](CCCC)c2c1C(=O)c1ccccc1C2=O.[I-]. The summed E-state index contributed by atoms with van der Waals surface area (Å²) in [4.78, 5) is 25.9. The van der Waals surface area contributed by atoms with Gasteiger partial charge >= 0.3 is 0 Å². The maximum Gasteiger partial charge on any atom is 0.244 e. The number of unbranched alkanes of at least 4 members (excludes halogenated alkanes) is 2. The standard InChI is InChI=1S/C19H23N2O2.HI/c1-3-5-11-20-13-21(12-6-4-2)17-16(20)18(22)14-9-7-8-10-15(14)19(17)23;/h7-10,13H,3-6,11-12H2,1-2H3;1H/q+1;/p-1. The summed E-state index contributed by atoms with van der Waals surface area (Å²) in [5.74, 6) is -0.0527. The fourth-order valence-electron chi connectivity index (χ4n) is 3.16. The van der Waals surface area contributed by atoms with Crippen molar-refractivity contribution in [3.63, 3.8) is 0 Å². The van der Waals surface area contributed by atoms with Gasteiger partial charge in [0.2, 0.25) is 29.3 Å². The number of rotatable bonds is 6. The highest BCUT2D eigenvalue weighted by atomic mass is 127. The minimum atomic E-state index is -0.0263. The first-order chi connectivity index (χ1) is 11.2. The molecule has 1 heterocycles. The average molecular weight is 438 g/mol. The molecule has 0 atom stereocenters. The van der Waals surface area contributed by atoms with Crippen LogP contribution < -0.4 is 28.5 Å². The molecule has 0 N–H and O–H groups in total. The number of nitrogens with zero attached hydrogens (tertiary/aromatic N) is 2. The molecule has 1 aliphatic carbocycles. The van der Waals surface area contributed by atoms with E-state index in [0.717, 1.165) is 38.8 Å². The van der Waals surface area contributed by atoms with Crippen LogP contribution in [-0.2, 0) is 13.1 Å². The third kappa shape index (κ3) is 3.18. The minimum absolute atomic E-state index is 0. The molecule has 3 rings (SSSR count). The summed E-state index contributed by atoms with van der Waals surface area (Å²) in [5, 5.41) is 0. The Kier molecular flexibility index (Phi) is 6.32. The molecule has 0 spiro atoms. The Hall–Kier alpha value is -1.50. The Balaban J connectivity index is 0.00000208. The molecule has 0 bridgehead atoms. The van der Waals surface area contributed by atoms with Gasteiger partial charge in [0.25, 0.3) is 0 Å². The van der Waals surface area contributed by atoms with E-state index in [9.17, 15) is 9.59 Å². The van der Waals surface area contributed by atoms with Crippen molar-refractivity contribution in [1.29, 1.82) is 0 Å². The van der Waals surface area contributed by atoms with Gasteiger partial charge in [-0.25, -0.2) is 9.13 Å². The second-order valence-corrected chi connectivity index (χ2v) is 6.11. The predicted octanol–water partition coefficient (Wildman–Crippen LogP) is 0.155. The maximum atomic E-state index is 12.9. The van der Waals surface area contributed by atoms with Crippen molar-refractivity contribution in [3.05, 3.63) is 53.1 Å². The van der Waals surface area contributed by atoms with E-state index in [1.165, 1.54) is 0 Å². The molecule has 2 aromatic rings. The fraction of sp³-hybridized carbons (Fsp3) is 0.421. The van der Waals surface area contributed by atoms with Gasteiger partial charge in [0.15, 0.2) is 0 Å². The molecule has 0 unspecified atom stereocenters. The van der Waals surface area contributed by atoms with E-state index in [1.807, 2.05) is 27.6 Å². The van der Waals surface area contributed by atoms with Gasteiger partial charge in [0, 0.05) is 11.1 Å². The lowest BCUT2D eigenvalue weighted by Gasteiger charge is -2.12. The molecular formula is C19H23IN2O2. The molecule has 24 heavy (non-hydrogen) atoms. The van der Waals surface area contributed by atoms with Crippen LogP contribution in [0.5, 0.6) is 0 Å². The van der Waals surface area contributed by atoms with Crippen LogP contribution in [-0.4, -0.2) is 16.1 Å². The normalized spacial score (nSPS) is 12.6. The van der Waals surface area contributed by atoms with Crippen LogP contribution in [0.2, 0.25) is 0 Å². The van der Waals surface area contributed by atoms with Crippen molar-refractivity contribution in [2.45, 2.75) is 52.6 Å². The van der Waals surface area contributed by atoms with Crippen LogP contribution in [0.3, 0.4) is 0 Å². The molecular weight excluding hydrogens is 415 g/mol. The van der Waals surface area contributed by atoms with E-state index in [-0.39, 0.29) is 35.5 Å². The number of ketones is 2. The maximum absolute atomic E-state index is 12.9. The molecule has 0 radical (unpaired) electrons. The van der Waals surface area contributed by atoms with E-state index in [1.54, 1.807) is 12.1 Å². The molecule has 0 aliphatic heterocycles. The number of hydrogen-bond acceptors (Lipinski definition) is 2. The molecule has 0 saturated heterocycles. The van der Waals surface area contributed by atoms with E-state index < -0.39 is 0 Å². The number of benzene rings is 1. The lowest BCUT2D eigenvalue weighted by molar-refractivity contribution is -0.698. The quantitative estimate of drug-likeness (QED) is 0.407. The van der Waals surface area contributed by atoms with Crippen molar-refractivity contribution in [2.75, 3.05) is 0 Å².